The molecular weight excluding hydrogens is 643 g/mol. The van der Waals surface area contributed by atoms with Gasteiger partial charge in [0, 0.05) is 38.4 Å². The molecule has 4 aromatic heterocycles. The summed E-state index contributed by atoms with van der Waals surface area (Å²) < 4.78 is 18.8. The van der Waals surface area contributed by atoms with Gasteiger partial charge in [0.15, 0.2) is 7.14 Å². The van der Waals surface area contributed by atoms with Crippen molar-refractivity contribution in [1.29, 1.82) is 0 Å². The zero-order chi connectivity index (χ0) is 33.7. The first-order valence-corrected chi connectivity index (χ1v) is 18.8. The number of imidazole rings is 1. The molecule has 4 heterocycles. The number of para-hydroxylation sites is 2. The molecule has 5 nitrogen and oxygen atoms in total. The molecule has 0 fully saturated rings. The second-order valence-electron chi connectivity index (χ2n) is 13.2. The standard InChI is InChI=1S/C45H27N4OP/c50-51(32-14-2-1-3-15-32,41-23-22-29-21-20-28-13-10-24-46-43(28)44(29)48-41)40-27-36-35-25-30-11-4-5-12-31(30)26-39(35)49-38-19-9-8-18-37(38)47-45(49)42(36)34-17-7-6-16-33(34)40/h1-27H. The maximum Gasteiger partial charge on any atom is 0.189 e. The smallest absolute Gasteiger partial charge is 0.189 e. The lowest BCUT2D eigenvalue weighted by molar-refractivity contribution is 0.592. The van der Waals surface area contributed by atoms with Crippen LogP contribution in [-0.4, -0.2) is 19.4 Å². The first-order valence-electron chi connectivity index (χ1n) is 17.1. The molecule has 0 N–H and O–H groups in total. The van der Waals surface area contributed by atoms with Gasteiger partial charge in [0.1, 0.15) is 11.1 Å². The molecule has 0 saturated carbocycles. The van der Waals surface area contributed by atoms with Crippen molar-refractivity contribution in [3.63, 3.8) is 0 Å². The zero-order valence-corrected chi connectivity index (χ0v) is 28.1. The van der Waals surface area contributed by atoms with Gasteiger partial charge in [-0.3, -0.25) is 9.38 Å². The molecule has 0 aliphatic carbocycles. The van der Waals surface area contributed by atoms with E-state index < -0.39 is 7.14 Å². The minimum Gasteiger partial charge on any atom is -0.307 e. The third-order valence-corrected chi connectivity index (χ3v) is 13.4. The summed E-state index contributed by atoms with van der Waals surface area (Å²) in [6, 6.07) is 53.8. The first kappa shape index (κ1) is 28.4. The van der Waals surface area contributed by atoms with Crippen LogP contribution in [0.25, 0.3) is 81.7 Å². The molecule has 238 valence electrons. The van der Waals surface area contributed by atoms with Gasteiger partial charge >= 0.3 is 0 Å². The van der Waals surface area contributed by atoms with E-state index in [-0.39, 0.29) is 0 Å². The number of nitrogens with zero attached hydrogens (tertiary/aromatic N) is 4. The molecule has 11 rings (SSSR count). The Hall–Kier alpha value is -6.42. The Labute approximate surface area is 291 Å². The lowest BCUT2D eigenvalue weighted by Crippen LogP contribution is -2.27. The molecule has 0 spiro atoms. The van der Waals surface area contributed by atoms with E-state index in [4.69, 9.17) is 15.0 Å². The van der Waals surface area contributed by atoms with Gasteiger partial charge in [0.05, 0.1) is 27.6 Å². The SMILES string of the molecule is O=P(c1ccccc1)(c1ccc2ccc3cccnc3c2n1)c1cc2c3cc4ccccc4cc3n3c4ccccc4nc3c2c2ccccc12. The van der Waals surface area contributed by atoms with Gasteiger partial charge in [-0.1, -0.05) is 115 Å². The summed E-state index contributed by atoms with van der Waals surface area (Å²) in [6.07, 6.45) is 1.79. The van der Waals surface area contributed by atoms with Crippen LogP contribution in [0.5, 0.6) is 0 Å². The molecular formula is C45H27N4OP. The minimum atomic E-state index is -3.59. The van der Waals surface area contributed by atoms with Gasteiger partial charge in [0.2, 0.25) is 0 Å². The van der Waals surface area contributed by atoms with Crippen molar-refractivity contribution >= 4 is 105 Å². The maximum atomic E-state index is 16.5. The van der Waals surface area contributed by atoms with E-state index in [0.717, 1.165) is 92.3 Å². The van der Waals surface area contributed by atoms with E-state index in [1.165, 1.54) is 0 Å². The highest BCUT2D eigenvalue weighted by molar-refractivity contribution is 7.85. The summed E-state index contributed by atoms with van der Waals surface area (Å²) in [5.74, 6) is 0. The van der Waals surface area contributed by atoms with E-state index in [9.17, 15) is 0 Å². The van der Waals surface area contributed by atoms with Crippen LogP contribution in [0.4, 0.5) is 0 Å². The van der Waals surface area contributed by atoms with Crippen LogP contribution < -0.4 is 16.0 Å². The fourth-order valence-electron chi connectivity index (χ4n) is 8.06. The minimum absolute atomic E-state index is 0.534. The number of hydrogen-bond donors (Lipinski definition) is 0. The van der Waals surface area contributed by atoms with Crippen LogP contribution >= 0.6 is 7.14 Å². The zero-order valence-electron chi connectivity index (χ0n) is 27.2. The molecule has 6 heteroatoms. The normalized spacial score (nSPS) is 13.3. The fraction of sp³-hybridized carbons (Fsp3) is 0. The fourth-order valence-corrected chi connectivity index (χ4v) is 10.8. The Kier molecular flexibility index (Phi) is 5.87. The van der Waals surface area contributed by atoms with Crippen LogP contribution in [0.3, 0.4) is 0 Å². The third-order valence-electron chi connectivity index (χ3n) is 10.4. The lowest BCUT2D eigenvalue weighted by atomic mass is 9.97. The summed E-state index contributed by atoms with van der Waals surface area (Å²) in [7, 11) is -3.59. The lowest BCUT2D eigenvalue weighted by Gasteiger charge is -2.23. The molecule has 11 aromatic rings. The Morgan fingerprint density at radius 3 is 2.04 bits per heavy atom. The van der Waals surface area contributed by atoms with E-state index >= 15 is 4.57 Å². The number of benzene rings is 7. The van der Waals surface area contributed by atoms with Crippen LogP contribution in [0, 0.1) is 0 Å². The average Bonchev–Trinajstić information content (AvgIpc) is 3.59. The summed E-state index contributed by atoms with van der Waals surface area (Å²) >= 11 is 0. The predicted octanol–water partition coefficient (Wildman–Crippen LogP) is 9.84. The molecule has 0 aliphatic rings. The Balaban J connectivity index is 1.35. The van der Waals surface area contributed by atoms with Gasteiger partial charge in [-0.05, 0) is 69.4 Å². The van der Waals surface area contributed by atoms with Gasteiger partial charge in [-0.15, -0.1) is 0 Å². The van der Waals surface area contributed by atoms with Gasteiger partial charge < -0.3 is 4.57 Å². The van der Waals surface area contributed by atoms with Crippen LogP contribution in [0.2, 0.25) is 0 Å². The maximum absolute atomic E-state index is 16.5. The van der Waals surface area contributed by atoms with Crippen LogP contribution in [0.15, 0.2) is 164 Å². The van der Waals surface area contributed by atoms with Crippen molar-refractivity contribution in [2.75, 3.05) is 0 Å². The summed E-state index contributed by atoms with van der Waals surface area (Å²) in [6.45, 7) is 0. The number of aromatic nitrogens is 4. The number of fused-ring (bicyclic) bond motifs is 14. The molecule has 1 atom stereocenters. The van der Waals surface area contributed by atoms with Gasteiger partial charge in [-0.2, -0.15) is 0 Å². The first-order chi connectivity index (χ1) is 25.2. The Morgan fingerprint density at radius 1 is 0.490 bits per heavy atom. The van der Waals surface area contributed by atoms with Gasteiger partial charge in [0.25, 0.3) is 0 Å². The molecule has 0 radical (unpaired) electrons. The van der Waals surface area contributed by atoms with E-state index in [2.05, 4.69) is 95.4 Å². The summed E-state index contributed by atoms with van der Waals surface area (Å²) in [5.41, 5.74) is 6.00. The van der Waals surface area contributed by atoms with Gasteiger partial charge in [-0.25, -0.2) is 9.97 Å². The van der Waals surface area contributed by atoms with E-state index in [0.29, 0.717) is 5.44 Å². The van der Waals surface area contributed by atoms with Crippen molar-refractivity contribution < 1.29 is 4.57 Å². The average molecular weight is 671 g/mol. The van der Waals surface area contributed by atoms with Crippen molar-refractivity contribution in [2.24, 2.45) is 0 Å². The third kappa shape index (κ3) is 3.98. The summed E-state index contributed by atoms with van der Waals surface area (Å²) in [4.78, 5) is 15.2. The quantitative estimate of drug-likeness (QED) is 0.107. The highest BCUT2D eigenvalue weighted by Gasteiger charge is 2.34. The van der Waals surface area contributed by atoms with Crippen molar-refractivity contribution in [3.05, 3.63) is 164 Å². The summed E-state index contributed by atoms with van der Waals surface area (Å²) in [5, 5.41) is 10.8. The molecule has 7 aromatic carbocycles. The highest BCUT2D eigenvalue weighted by Crippen LogP contribution is 2.47. The molecule has 0 saturated heterocycles. The van der Waals surface area contributed by atoms with E-state index in [1.807, 2.05) is 66.7 Å². The molecule has 0 aliphatic heterocycles. The molecule has 0 amide bonds. The van der Waals surface area contributed by atoms with E-state index in [1.54, 1.807) is 6.20 Å². The second-order valence-corrected chi connectivity index (χ2v) is 15.8. The predicted molar refractivity (Wildman–Crippen MR) is 213 cm³/mol. The van der Waals surface area contributed by atoms with Crippen LogP contribution in [-0.2, 0) is 4.57 Å². The van der Waals surface area contributed by atoms with Crippen molar-refractivity contribution in [1.82, 2.24) is 19.4 Å². The monoisotopic (exact) mass is 670 g/mol. The molecule has 51 heavy (non-hydrogen) atoms. The Morgan fingerprint density at radius 2 is 1.18 bits per heavy atom. The Bertz CT molecular complexity index is 3300. The second kappa shape index (κ2) is 10.5. The highest BCUT2D eigenvalue weighted by atomic mass is 31.2. The van der Waals surface area contributed by atoms with Crippen LogP contribution in [0.1, 0.15) is 0 Å². The topological polar surface area (TPSA) is 60.2 Å². The number of hydrogen-bond acceptors (Lipinski definition) is 4. The van der Waals surface area contributed by atoms with Crippen molar-refractivity contribution in [3.8, 4) is 0 Å². The van der Waals surface area contributed by atoms with Crippen molar-refractivity contribution in [2.45, 2.75) is 0 Å². The number of pyridine rings is 3. The number of rotatable bonds is 3. The molecule has 0 bridgehead atoms. The molecule has 1 unspecified atom stereocenters. The largest absolute Gasteiger partial charge is 0.307 e.